The number of esters is 2. The van der Waals surface area contributed by atoms with Gasteiger partial charge in [-0.15, -0.1) is 0 Å². The predicted molar refractivity (Wildman–Crippen MR) is 77.6 cm³/mol. The molecule has 128 valence electrons. The molecule has 0 aliphatic carbocycles. The number of rotatable bonds is 6. The number of alkyl halides is 3. The van der Waals surface area contributed by atoms with Crippen molar-refractivity contribution in [1.29, 1.82) is 0 Å². The SMILES string of the molecule is CC(OC(=O)CCCC(=O)Oc1cc(Cl)cc(Cl)c1)C(F)(F)F. The Kier molecular flexibility index (Phi) is 7.15. The van der Waals surface area contributed by atoms with E-state index in [1.165, 1.54) is 18.2 Å². The smallest absolute Gasteiger partial charge is 0.425 e. The first-order chi connectivity index (χ1) is 10.6. The maximum absolute atomic E-state index is 12.2. The highest BCUT2D eigenvalue weighted by atomic mass is 35.5. The van der Waals surface area contributed by atoms with Gasteiger partial charge >= 0.3 is 18.1 Å². The molecule has 0 aromatic heterocycles. The topological polar surface area (TPSA) is 52.6 Å². The molecular weight excluding hydrogens is 360 g/mol. The first-order valence-corrected chi connectivity index (χ1v) is 7.26. The van der Waals surface area contributed by atoms with Crippen LogP contribution in [0.4, 0.5) is 13.2 Å². The standard InChI is InChI=1S/C14H13Cl2F3O4/c1-8(14(17,18)19)22-12(20)3-2-4-13(21)23-11-6-9(15)5-10(16)7-11/h5-8H,2-4H2,1H3. The Balaban J connectivity index is 2.35. The summed E-state index contributed by atoms with van der Waals surface area (Å²) in [6, 6.07) is 4.22. The van der Waals surface area contributed by atoms with E-state index in [0.717, 1.165) is 6.92 Å². The van der Waals surface area contributed by atoms with Crippen LogP contribution in [0.25, 0.3) is 0 Å². The molecular formula is C14H13Cl2F3O4. The summed E-state index contributed by atoms with van der Waals surface area (Å²) in [5.74, 6) is -1.56. The van der Waals surface area contributed by atoms with Crippen LogP contribution in [0.15, 0.2) is 18.2 Å². The van der Waals surface area contributed by atoms with Crippen LogP contribution in [-0.4, -0.2) is 24.2 Å². The molecule has 1 unspecified atom stereocenters. The summed E-state index contributed by atoms with van der Waals surface area (Å²) in [7, 11) is 0. The summed E-state index contributed by atoms with van der Waals surface area (Å²) in [5, 5.41) is 0.565. The molecule has 0 N–H and O–H groups in total. The first kappa shape index (κ1) is 19.6. The number of ether oxygens (including phenoxy) is 2. The normalized spacial score (nSPS) is 12.6. The van der Waals surface area contributed by atoms with Gasteiger partial charge in [0.1, 0.15) is 5.75 Å². The molecule has 23 heavy (non-hydrogen) atoms. The summed E-state index contributed by atoms with van der Waals surface area (Å²) in [4.78, 5) is 22.8. The number of carbonyl (C=O) groups excluding carboxylic acids is 2. The number of carbonyl (C=O) groups is 2. The minimum Gasteiger partial charge on any atom is -0.453 e. The van der Waals surface area contributed by atoms with Crippen molar-refractivity contribution in [2.24, 2.45) is 0 Å². The van der Waals surface area contributed by atoms with Crippen LogP contribution < -0.4 is 4.74 Å². The Morgan fingerprint density at radius 2 is 1.61 bits per heavy atom. The summed E-state index contributed by atoms with van der Waals surface area (Å²) in [5.41, 5.74) is 0. The largest absolute Gasteiger partial charge is 0.453 e. The van der Waals surface area contributed by atoms with Crippen LogP contribution in [0.1, 0.15) is 26.2 Å². The maximum atomic E-state index is 12.2. The van der Waals surface area contributed by atoms with Crippen LogP contribution >= 0.6 is 23.2 Å². The molecule has 0 bridgehead atoms. The minimum absolute atomic E-state index is 0.00343. The molecule has 1 atom stereocenters. The first-order valence-electron chi connectivity index (χ1n) is 6.51. The van der Waals surface area contributed by atoms with Crippen molar-refractivity contribution in [3.05, 3.63) is 28.2 Å². The maximum Gasteiger partial charge on any atom is 0.425 e. The second-order valence-corrected chi connectivity index (χ2v) is 5.48. The average molecular weight is 373 g/mol. The third kappa shape index (κ3) is 7.56. The molecule has 0 amide bonds. The molecule has 9 heteroatoms. The van der Waals surface area contributed by atoms with Crippen LogP contribution in [0, 0.1) is 0 Å². The van der Waals surface area contributed by atoms with E-state index in [0.29, 0.717) is 0 Å². The molecule has 1 aromatic rings. The summed E-state index contributed by atoms with van der Waals surface area (Å²) >= 11 is 11.5. The summed E-state index contributed by atoms with van der Waals surface area (Å²) in [6.07, 6.45) is -7.29. The Bertz CT molecular complexity index is 555. The third-order valence-electron chi connectivity index (χ3n) is 2.60. The van der Waals surface area contributed by atoms with Crippen LogP contribution in [0.5, 0.6) is 5.75 Å². The predicted octanol–water partition coefficient (Wildman–Crippen LogP) is 4.56. The van der Waals surface area contributed by atoms with Gasteiger partial charge < -0.3 is 9.47 Å². The highest BCUT2D eigenvalue weighted by Gasteiger charge is 2.38. The van der Waals surface area contributed by atoms with Crippen molar-refractivity contribution in [2.45, 2.75) is 38.5 Å². The highest BCUT2D eigenvalue weighted by Crippen LogP contribution is 2.25. The summed E-state index contributed by atoms with van der Waals surface area (Å²) in [6.45, 7) is 0.731. The van der Waals surface area contributed by atoms with Gasteiger partial charge in [0.2, 0.25) is 0 Å². The molecule has 1 rings (SSSR count). The van der Waals surface area contributed by atoms with Crippen LogP contribution in [0.2, 0.25) is 10.0 Å². The van der Waals surface area contributed by atoms with Crippen molar-refractivity contribution >= 4 is 35.1 Å². The Labute approximate surface area is 140 Å². The van der Waals surface area contributed by atoms with Crippen molar-refractivity contribution in [3.63, 3.8) is 0 Å². The van der Waals surface area contributed by atoms with Gasteiger partial charge in [0, 0.05) is 22.9 Å². The van der Waals surface area contributed by atoms with Gasteiger partial charge in [-0.2, -0.15) is 13.2 Å². The average Bonchev–Trinajstić information content (AvgIpc) is 2.35. The zero-order valence-corrected chi connectivity index (χ0v) is 13.5. The fourth-order valence-electron chi connectivity index (χ4n) is 1.47. The zero-order valence-electron chi connectivity index (χ0n) is 12.0. The molecule has 0 radical (unpaired) electrons. The van der Waals surface area contributed by atoms with Crippen molar-refractivity contribution in [2.75, 3.05) is 0 Å². The van der Waals surface area contributed by atoms with Gasteiger partial charge in [0.05, 0.1) is 0 Å². The quantitative estimate of drug-likeness (QED) is 0.542. The molecule has 4 nitrogen and oxygen atoms in total. The number of hydrogen-bond acceptors (Lipinski definition) is 4. The fraction of sp³-hybridized carbons (Fsp3) is 0.429. The molecule has 0 saturated heterocycles. The van der Waals surface area contributed by atoms with Crippen LogP contribution in [-0.2, 0) is 14.3 Å². The van der Waals surface area contributed by atoms with E-state index in [9.17, 15) is 22.8 Å². The molecule has 0 aliphatic rings. The van der Waals surface area contributed by atoms with Gasteiger partial charge in [-0.05, 0) is 31.5 Å². The molecule has 0 fully saturated rings. The molecule has 0 heterocycles. The van der Waals surface area contributed by atoms with E-state index in [-0.39, 0.29) is 35.1 Å². The zero-order chi connectivity index (χ0) is 17.6. The van der Waals surface area contributed by atoms with Crippen molar-refractivity contribution in [1.82, 2.24) is 0 Å². The molecule has 0 saturated carbocycles. The van der Waals surface area contributed by atoms with E-state index < -0.39 is 24.2 Å². The molecule has 1 aromatic carbocycles. The Hall–Kier alpha value is -1.47. The number of hydrogen-bond donors (Lipinski definition) is 0. The lowest BCUT2D eigenvalue weighted by Gasteiger charge is -2.16. The highest BCUT2D eigenvalue weighted by molar-refractivity contribution is 6.34. The van der Waals surface area contributed by atoms with E-state index >= 15 is 0 Å². The van der Waals surface area contributed by atoms with Gasteiger partial charge in [-0.1, -0.05) is 23.2 Å². The van der Waals surface area contributed by atoms with Gasteiger partial charge in [-0.3, -0.25) is 9.59 Å². The number of halogens is 5. The lowest BCUT2D eigenvalue weighted by molar-refractivity contribution is -0.216. The Morgan fingerprint density at radius 3 is 2.13 bits per heavy atom. The van der Waals surface area contributed by atoms with E-state index in [2.05, 4.69) is 4.74 Å². The lowest BCUT2D eigenvalue weighted by Crippen LogP contribution is -2.30. The van der Waals surface area contributed by atoms with Gasteiger partial charge in [0.15, 0.2) is 6.10 Å². The second-order valence-electron chi connectivity index (χ2n) is 4.61. The van der Waals surface area contributed by atoms with E-state index in [1.807, 2.05) is 0 Å². The lowest BCUT2D eigenvalue weighted by atomic mass is 10.2. The third-order valence-corrected chi connectivity index (χ3v) is 3.04. The van der Waals surface area contributed by atoms with E-state index in [4.69, 9.17) is 27.9 Å². The van der Waals surface area contributed by atoms with Crippen LogP contribution in [0.3, 0.4) is 0 Å². The van der Waals surface area contributed by atoms with Gasteiger partial charge in [0.25, 0.3) is 0 Å². The fourth-order valence-corrected chi connectivity index (χ4v) is 1.98. The van der Waals surface area contributed by atoms with Crippen molar-refractivity contribution < 1.29 is 32.2 Å². The minimum atomic E-state index is -4.61. The number of benzene rings is 1. The molecule has 0 spiro atoms. The van der Waals surface area contributed by atoms with Gasteiger partial charge in [-0.25, -0.2) is 0 Å². The second kappa shape index (κ2) is 8.40. The monoisotopic (exact) mass is 372 g/mol. The van der Waals surface area contributed by atoms with E-state index in [1.54, 1.807) is 0 Å². The Morgan fingerprint density at radius 1 is 1.09 bits per heavy atom. The molecule has 0 aliphatic heterocycles. The van der Waals surface area contributed by atoms with Crippen molar-refractivity contribution in [3.8, 4) is 5.75 Å². The summed E-state index contributed by atoms with van der Waals surface area (Å²) < 4.78 is 45.7.